The van der Waals surface area contributed by atoms with E-state index in [-0.39, 0.29) is 11.6 Å². The number of nitrogens with one attached hydrogen (secondary N) is 1. The first-order valence-electron chi connectivity index (χ1n) is 14.7. The minimum Gasteiger partial charge on any atom is -0.369 e. The average molecular weight is 553 g/mol. The lowest BCUT2D eigenvalue weighted by molar-refractivity contribution is -0.136. The van der Waals surface area contributed by atoms with Crippen LogP contribution in [0.4, 0.5) is 0 Å². The van der Waals surface area contributed by atoms with Crippen LogP contribution in [0, 0.1) is 17.3 Å². The Morgan fingerprint density at radius 3 is 1.50 bits per heavy atom. The molecule has 0 aromatic heterocycles. The zero-order valence-corrected chi connectivity index (χ0v) is 27.2. The summed E-state index contributed by atoms with van der Waals surface area (Å²) in [6, 6.07) is 15.7. The number of nitrogens with two attached hydrogens (primary N) is 1. The number of Topliss-reactive ketones (excluding diaryl/α,β-unsaturated/α-hetero) is 2. The zero-order chi connectivity index (χ0) is 31.6. The minimum atomic E-state index is -1.00. The standard InChI is InChI=1S/C18H16O.C7H17N.C6H11NO2.2C2H6/c1-3-15-4-6-16(7-5-15)8-9-17-10-12-18(13-11-17)14(2)19;1-3-5-7-8-6-4-2;1-4(8)6(2,3)5(7)9;2*1-2/h4-7,10-13H,3H2,1-2H3;8H,3-7H2,1-2H3;1-3H3,(H2,7,9);2*1-2H3. The van der Waals surface area contributed by atoms with E-state index >= 15 is 0 Å². The third kappa shape index (κ3) is 19.8. The molecule has 0 bridgehead atoms. The van der Waals surface area contributed by atoms with Crippen molar-refractivity contribution in [1.82, 2.24) is 5.32 Å². The maximum atomic E-state index is 11.2. The molecule has 0 unspecified atom stereocenters. The second-order valence-electron chi connectivity index (χ2n) is 9.08. The number of carbonyl (C=O) groups is 3. The molecule has 0 aliphatic rings. The summed E-state index contributed by atoms with van der Waals surface area (Å²) in [5.41, 5.74) is 7.88. The molecule has 2 aromatic rings. The van der Waals surface area contributed by atoms with Gasteiger partial charge in [-0.1, -0.05) is 91.0 Å². The van der Waals surface area contributed by atoms with E-state index in [0.717, 1.165) is 23.1 Å². The molecule has 2 rings (SSSR count). The molecule has 0 saturated carbocycles. The van der Waals surface area contributed by atoms with Crippen LogP contribution in [0.3, 0.4) is 0 Å². The number of rotatable bonds is 9. The van der Waals surface area contributed by atoms with Crippen LogP contribution in [0.15, 0.2) is 48.5 Å². The van der Waals surface area contributed by atoms with Gasteiger partial charge in [-0.3, -0.25) is 14.4 Å². The molecule has 0 saturated heterocycles. The maximum absolute atomic E-state index is 11.2. The molecule has 0 spiro atoms. The van der Waals surface area contributed by atoms with E-state index < -0.39 is 11.3 Å². The highest BCUT2D eigenvalue weighted by Gasteiger charge is 2.29. The van der Waals surface area contributed by atoms with Crippen molar-refractivity contribution >= 4 is 17.5 Å². The molecular formula is C35H56N2O3. The summed E-state index contributed by atoms with van der Waals surface area (Å²) in [5.74, 6) is 5.53. The van der Waals surface area contributed by atoms with Crippen LogP contribution in [0.25, 0.3) is 0 Å². The molecule has 1 amide bonds. The van der Waals surface area contributed by atoms with Gasteiger partial charge in [-0.25, -0.2) is 0 Å². The lowest BCUT2D eigenvalue weighted by Gasteiger charge is -2.14. The van der Waals surface area contributed by atoms with Crippen molar-refractivity contribution in [3.05, 3.63) is 70.8 Å². The molecule has 0 heterocycles. The Kier molecular flexibility index (Phi) is 26.8. The number of hydrogen-bond acceptors (Lipinski definition) is 4. The summed E-state index contributed by atoms with van der Waals surface area (Å²) in [6.07, 6.45) is 4.92. The van der Waals surface area contributed by atoms with Gasteiger partial charge in [0.15, 0.2) is 5.78 Å². The van der Waals surface area contributed by atoms with E-state index in [0.29, 0.717) is 0 Å². The molecule has 3 N–H and O–H groups in total. The van der Waals surface area contributed by atoms with E-state index in [1.54, 1.807) is 6.92 Å². The first-order valence-corrected chi connectivity index (χ1v) is 14.7. The average Bonchev–Trinajstić information content (AvgIpc) is 2.97. The van der Waals surface area contributed by atoms with Gasteiger partial charge in [-0.2, -0.15) is 0 Å². The van der Waals surface area contributed by atoms with E-state index in [4.69, 9.17) is 5.73 Å². The van der Waals surface area contributed by atoms with Crippen LogP contribution >= 0.6 is 0 Å². The van der Waals surface area contributed by atoms with E-state index in [1.807, 2.05) is 64.1 Å². The van der Waals surface area contributed by atoms with Gasteiger partial charge in [-0.15, -0.1) is 0 Å². The van der Waals surface area contributed by atoms with Crippen LogP contribution < -0.4 is 11.1 Å². The fraction of sp³-hybridized carbons (Fsp3) is 0.514. The van der Waals surface area contributed by atoms with Gasteiger partial charge in [-0.05, 0) is 89.9 Å². The second kappa shape index (κ2) is 26.0. The van der Waals surface area contributed by atoms with Gasteiger partial charge in [0.2, 0.25) is 5.91 Å². The molecule has 0 atom stereocenters. The fourth-order valence-electron chi connectivity index (χ4n) is 2.53. The first-order chi connectivity index (χ1) is 19.0. The highest BCUT2D eigenvalue weighted by Crippen LogP contribution is 2.14. The third-order valence-corrected chi connectivity index (χ3v) is 5.63. The summed E-state index contributed by atoms with van der Waals surface area (Å²) in [7, 11) is 0. The van der Waals surface area contributed by atoms with E-state index in [1.165, 1.54) is 58.7 Å². The predicted molar refractivity (Wildman–Crippen MR) is 173 cm³/mol. The van der Waals surface area contributed by atoms with Crippen molar-refractivity contribution in [3.8, 4) is 11.8 Å². The monoisotopic (exact) mass is 552 g/mol. The van der Waals surface area contributed by atoms with Crippen LogP contribution in [-0.4, -0.2) is 30.6 Å². The Labute approximate surface area is 245 Å². The highest BCUT2D eigenvalue weighted by atomic mass is 16.2. The van der Waals surface area contributed by atoms with Gasteiger partial charge in [0.1, 0.15) is 11.2 Å². The number of carbonyl (C=O) groups excluding carboxylic acids is 3. The van der Waals surface area contributed by atoms with Crippen LogP contribution in [-0.2, 0) is 16.0 Å². The van der Waals surface area contributed by atoms with Gasteiger partial charge >= 0.3 is 0 Å². The predicted octanol–water partition coefficient (Wildman–Crippen LogP) is 7.78. The van der Waals surface area contributed by atoms with Gasteiger partial charge in [0.25, 0.3) is 0 Å². The Morgan fingerprint density at radius 1 is 0.750 bits per heavy atom. The van der Waals surface area contributed by atoms with Gasteiger partial charge < -0.3 is 11.1 Å². The van der Waals surface area contributed by atoms with Crippen molar-refractivity contribution in [2.75, 3.05) is 13.1 Å². The number of amides is 1. The minimum absolute atomic E-state index is 0.0784. The molecule has 5 nitrogen and oxygen atoms in total. The van der Waals surface area contributed by atoms with Crippen LogP contribution in [0.5, 0.6) is 0 Å². The molecule has 2 aromatic carbocycles. The summed E-state index contributed by atoms with van der Waals surface area (Å²) < 4.78 is 0. The molecule has 5 heteroatoms. The summed E-state index contributed by atoms with van der Waals surface area (Å²) in [4.78, 5) is 32.2. The largest absolute Gasteiger partial charge is 0.369 e. The summed E-state index contributed by atoms with van der Waals surface area (Å²) >= 11 is 0. The Morgan fingerprint density at radius 2 is 1.20 bits per heavy atom. The SMILES string of the molecule is CC.CC.CC(=O)C(C)(C)C(N)=O.CCCCNCCC.CCc1ccc(C#Cc2ccc(C(C)=O)cc2)cc1. The quantitative estimate of drug-likeness (QED) is 0.144. The number of unbranched alkanes of at least 4 members (excludes halogenated alkanes) is 1. The Balaban J connectivity index is -0.000000548. The van der Waals surface area contributed by atoms with Crippen LogP contribution in [0.2, 0.25) is 0 Å². The van der Waals surface area contributed by atoms with Crippen molar-refractivity contribution in [3.63, 3.8) is 0 Å². The Bertz CT molecular complexity index is 974. The zero-order valence-electron chi connectivity index (χ0n) is 27.2. The smallest absolute Gasteiger partial charge is 0.230 e. The van der Waals surface area contributed by atoms with E-state index in [9.17, 15) is 14.4 Å². The maximum Gasteiger partial charge on any atom is 0.230 e. The van der Waals surface area contributed by atoms with Crippen molar-refractivity contribution in [1.29, 1.82) is 0 Å². The van der Waals surface area contributed by atoms with Gasteiger partial charge in [0.05, 0.1) is 0 Å². The molecule has 0 radical (unpaired) electrons. The van der Waals surface area contributed by atoms with Crippen molar-refractivity contribution < 1.29 is 14.4 Å². The lowest BCUT2D eigenvalue weighted by atomic mass is 9.88. The second-order valence-corrected chi connectivity index (χ2v) is 9.08. The molecule has 0 aliphatic heterocycles. The lowest BCUT2D eigenvalue weighted by Crippen LogP contribution is -2.37. The summed E-state index contributed by atoms with van der Waals surface area (Å²) in [5, 5.41) is 3.34. The number of ketones is 2. The Hall–Kier alpha value is -3.23. The van der Waals surface area contributed by atoms with Crippen LogP contribution in [0.1, 0.15) is 122 Å². The fourth-order valence-corrected chi connectivity index (χ4v) is 2.53. The van der Waals surface area contributed by atoms with Crippen molar-refractivity contribution in [2.24, 2.45) is 11.1 Å². The topological polar surface area (TPSA) is 89.3 Å². The third-order valence-electron chi connectivity index (χ3n) is 5.63. The van der Waals surface area contributed by atoms with E-state index in [2.05, 4.69) is 50.1 Å². The molecule has 0 fully saturated rings. The number of aryl methyl sites for hydroxylation is 1. The number of benzene rings is 2. The van der Waals surface area contributed by atoms with Gasteiger partial charge in [0, 0.05) is 16.7 Å². The molecule has 224 valence electrons. The molecule has 0 aliphatic carbocycles. The van der Waals surface area contributed by atoms with Crippen molar-refractivity contribution in [2.45, 2.75) is 102 Å². The molecule has 40 heavy (non-hydrogen) atoms. The normalized spacial score (nSPS) is 9.28. The number of primary amides is 1. The number of hydrogen-bond donors (Lipinski definition) is 2. The first kappa shape index (κ1) is 41.3. The molecular weight excluding hydrogens is 496 g/mol. The highest BCUT2D eigenvalue weighted by molar-refractivity contribution is 6.03. The summed E-state index contributed by atoms with van der Waals surface area (Å²) in [6.45, 7) is 22.9.